The second-order valence-electron chi connectivity index (χ2n) is 10.3. The number of carbonyl (C=O) groups is 2. The summed E-state index contributed by atoms with van der Waals surface area (Å²) in [7, 11) is 4.70. The number of hydrogen-bond donors (Lipinski definition) is 2. The Hall–Kier alpha value is -4.17. The molecule has 236 valence electrons. The minimum Gasteiger partial charge on any atom is -0.495 e. The summed E-state index contributed by atoms with van der Waals surface area (Å²) in [5.41, 5.74) is -0.219. The van der Waals surface area contributed by atoms with E-state index in [0.717, 1.165) is 0 Å². The molecule has 0 unspecified atom stereocenters. The topological polar surface area (TPSA) is 109 Å². The van der Waals surface area contributed by atoms with Gasteiger partial charge in [0.1, 0.15) is 23.2 Å². The van der Waals surface area contributed by atoms with Gasteiger partial charge in [-0.05, 0) is 50.7 Å². The molecule has 1 aliphatic heterocycles. The van der Waals surface area contributed by atoms with Crippen LogP contribution in [-0.2, 0) is 12.7 Å². The molecule has 4 rings (SSSR count). The lowest BCUT2D eigenvalue weighted by Crippen LogP contribution is -2.30. The molecule has 1 aromatic heterocycles. The molecule has 2 heterocycles. The number of methoxy groups -OCH3 is 1. The lowest BCUT2D eigenvalue weighted by Gasteiger charge is -2.18. The van der Waals surface area contributed by atoms with Crippen molar-refractivity contribution < 1.29 is 36.6 Å². The molecular weight excluding hydrogens is 608 g/mol. The minimum atomic E-state index is -4.86. The highest BCUT2D eigenvalue weighted by molar-refractivity contribution is 6.34. The first-order chi connectivity index (χ1) is 20.8. The fraction of sp³-hybridized carbons (Fsp3) is 0.379. The SMILES string of the molecule is COc1cc(C(=O)NCCCN(C)C[C@H](C)F)c(Cl)cc1Nc1ncc(C(F)(F)F)c(Oc2cccc3c2C(=O)N(C)C3)n1. The van der Waals surface area contributed by atoms with Gasteiger partial charge in [0.15, 0.2) is 0 Å². The average molecular weight is 639 g/mol. The fourth-order valence-electron chi connectivity index (χ4n) is 4.64. The van der Waals surface area contributed by atoms with Crippen molar-refractivity contribution in [2.45, 2.75) is 32.2 Å². The van der Waals surface area contributed by atoms with Gasteiger partial charge < -0.3 is 29.9 Å². The van der Waals surface area contributed by atoms with Gasteiger partial charge in [0, 0.05) is 32.9 Å². The standard InChI is InChI=1S/C29H31ClF4N6O4/c1-16(31)14-39(2)10-6-9-35-25(41)18-11-23(43-4)21(12-20(18)30)37-28-36-13-19(29(32,33)34)26(38-28)44-22-8-5-7-17-15-40(3)27(42)24(17)22/h5,7-8,11-13,16H,6,9-10,14-15H2,1-4H3,(H,35,41)(H,36,37,38)/t16-/m0/s1. The van der Waals surface area contributed by atoms with Crippen LogP contribution < -0.4 is 20.1 Å². The van der Waals surface area contributed by atoms with Gasteiger partial charge in [0.05, 0.1) is 28.9 Å². The summed E-state index contributed by atoms with van der Waals surface area (Å²) in [6.45, 7) is 2.94. The van der Waals surface area contributed by atoms with E-state index in [4.69, 9.17) is 21.1 Å². The third kappa shape index (κ3) is 7.66. The van der Waals surface area contributed by atoms with Crippen molar-refractivity contribution in [3.63, 3.8) is 0 Å². The molecule has 1 atom stereocenters. The van der Waals surface area contributed by atoms with Gasteiger partial charge in [0.2, 0.25) is 11.8 Å². The first-order valence-corrected chi connectivity index (χ1v) is 13.9. The van der Waals surface area contributed by atoms with Crippen molar-refractivity contribution in [1.82, 2.24) is 25.1 Å². The van der Waals surface area contributed by atoms with Crippen LogP contribution in [0.2, 0.25) is 5.02 Å². The Morgan fingerprint density at radius 2 is 2.00 bits per heavy atom. The van der Waals surface area contributed by atoms with Crippen LogP contribution in [0.3, 0.4) is 0 Å². The summed E-state index contributed by atoms with van der Waals surface area (Å²) in [6.07, 6.45) is -4.68. The smallest absolute Gasteiger partial charge is 0.423 e. The molecule has 0 saturated heterocycles. The molecule has 2 N–H and O–H groups in total. The number of hydrogen-bond acceptors (Lipinski definition) is 8. The van der Waals surface area contributed by atoms with E-state index in [-0.39, 0.29) is 51.7 Å². The van der Waals surface area contributed by atoms with E-state index in [1.165, 1.54) is 37.1 Å². The molecule has 2 aromatic carbocycles. The molecule has 10 nitrogen and oxygen atoms in total. The first kappa shape index (κ1) is 32.7. The molecule has 0 aliphatic carbocycles. The predicted octanol–water partition coefficient (Wildman–Crippen LogP) is 5.69. The van der Waals surface area contributed by atoms with Crippen LogP contribution in [0, 0.1) is 0 Å². The second kappa shape index (κ2) is 13.6. The van der Waals surface area contributed by atoms with Gasteiger partial charge in [-0.1, -0.05) is 23.7 Å². The highest BCUT2D eigenvalue weighted by atomic mass is 35.5. The molecule has 1 aliphatic rings. The van der Waals surface area contributed by atoms with E-state index < -0.39 is 29.7 Å². The number of nitrogens with zero attached hydrogens (tertiary/aromatic N) is 4. The number of anilines is 2. The Morgan fingerprint density at radius 1 is 1.25 bits per heavy atom. The molecule has 0 radical (unpaired) electrons. The minimum absolute atomic E-state index is 0.0278. The largest absolute Gasteiger partial charge is 0.495 e. The summed E-state index contributed by atoms with van der Waals surface area (Å²) in [5.74, 6) is -1.92. The monoisotopic (exact) mass is 638 g/mol. The summed E-state index contributed by atoms with van der Waals surface area (Å²) in [4.78, 5) is 36.4. The zero-order valence-electron chi connectivity index (χ0n) is 24.4. The number of aromatic nitrogens is 2. The van der Waals surface area contributed by atoms with Crippen molar-refractivity contribution in [3.8, 4) is 17.4 Å². The molecule has 15 heteroatoms. The van der Waals surface area contributed by atoms with E-state index in [2.05, 4.69) is 20.6 Å². The number of ether oxygens (including phenoxy) is 2. The number of carbonyl (C=O) groups excluding carboxylic acids is 2. The summed E-state index contributed by atoms with van der Waals surface area (Å²) in [5, 5.41) is 5.54. The van der Waals surface area contributed by atoms with Crippen molar-refractivity contribution in [1.29, 1.82) is 0 Å². The fourth-order valence-corrected chi connectivity index (χ4v) is 4.89. The van der Waals surface area contributed by atoms with Gasteiger partial charge in [-0.3, -0.25) is 9.59 Å². The van der Waals surface area contributed by atoms with Crippen LogP contribution in [0.1, 0.15) is 45.2 Å². The highest BCUT2D eigenvalue weighted by Gasteiger charge is 2.37. The number of benzene rings is 2. The Labute approximate surface area is 256 Å². The molecule has 0 fully saturated rings. The van der Waals surface area contributed by atoms with Gasteiger partial charge >= 0.3 is 6.18 Å². The number of fused-ring (bicyclic) bond motifs is 1. The zero-order valence-corrected chi connectivity index (χ0v) is 25.1. The Kier molecular flexibility index (Phi) is 10.1. The number of halogens is 5. The van der Waals surface area contributed by atoms with Gasteiger partial charge in [-0.2, -0.15) is 18.2 Å². The molecule has 0 spiro atoms. The maximum absolute atomic E-state index is 13.9. The molecule has 0 saturated carbocycles. The lowest BCUT2D eigenvalue weighted by atomic mass is 10.1. The number of amides is 2. The molecule has 2 amide bonds. The van der Waals surface area contributed by atoms with Crippen LogP contribution >= 0.6 is 11.6 Å². The maximum atomic E-state index is 13.9. The summed E-state index contributed by atoms with van der Waals surface area (Å²) in [6, 6.07) is 7.37. The Bertz CT molecular complexity index is 1540. The van der Waals surface area contributed by atoms with Crippen LogP contribution in [0.4, 0.5) is 29.2 Å². The number of alkyl halides is 4. The van der Waals surface area contributed by atoms with Gasteiger partial charge in [-0.25, -0.2) is 9.37 Å². The Balaban J connectivity index is 1.55. The third-order valence-corrected chi connectivity index (χ3v) is 7.00. The average Bonchev–Trinajstić information content (AvgIpc) is 3.24. The van der Waals surface area contributed by atoms with Crippen molar-refractivity contribution in [3.05, 3.63) is 63.8 Å². The van der Waals surface area contributed by atoms with Crippen LogP contribution in [0.25, 0.3) is 0 Å². The number of rotatable bonds is 12. The molecule has 3 aromatic rings. The van der Waals surface area contributed by atoms with Gasteiger partial charge in [0.25, 0.3) is 11.8 Å². The molecule has 0 bridgehead atoms. The zero-order chi connectivity index (χ0) is 32.2. The predicted molar refractivity (Wildman–Crippen MR) is 156 cm³/mol. The van der Waals surface area contributed by atoms with Crippen LogP contribution in [-0.4, -0.2) is 78.6 Å². The van der Waals surface area contributed by atoms with Crippen molar-refractivity contribution >= 4 is 35.1 Å². The highest BCUT2D eigenvalue weighted by Crippen LogP contribution is 2.40. The summed E-state index contributed by atoms with van der Waals surface area (Å²) < 4.78 is 65.7. The first-order valence-electron chi connectivity index (χ1n) is 13.5. The van der Waals surface area contributed by atoms with E-state index >= 15 is 0 Å². The normalized spacial score (nSPS) is 13.6. The van der Waals surface area contributed by atoms with Crippen molar-refractivity contribution in [2.24, 2.45) is 0 Å². The molecule has 44 heavy (non-hydrogen) atoms. The number of nitrogens with one attached hydrogen (secondary N) is 2. The van der Waals surface area contributed by atoms with Crippen molar-refractivity contribution in [2.75, 3.05) is 46.2 Å². The van der Waals surface area contributed by atoms with E-state index in [9.17, 15) is 27.2 Å². The van der Waals surface area contributed by atoms with E-state index in [0.29, 0.717) is 37.8 Å². The van der Waals surface area contributed by atoms with E-state index in [1.807, 2.05) is 4.90 Å². The lowest BCUT2D eigenvalue weighted by molar-refractivity contribution is -0.139. The third-order valence-electron chi connectivity index (χ3n) is 6.69. The Morgan fingerprint density at radius 3 is 2.68 bits per heavy atom. The quantitative estimate of drug-likeness (QED) is 0.193. The van der Waals surface area contributed by atoms with Crippen LogP contribution in [0.15, 0.2) is 36.5 Å². The summed E-state index contributed by atoms with van der Waals surface area (Å²) >= 11 is 6.39. The van der Waals surface area contributed by atoms with Crippen LogP contribution in [0.5, 0.6) is 17.4 Å². The maximum Gasteiger partial charge on any atom is 0.423 e. The van der Waals surface area contributed by atoms with Gasteiger partial charge in [-0.15, -0.1) is 0 Å². The second-order valence-corrected chi connectivity index (χ2v) is 10.7. The van der Waals surface area contributed by atoms with E-state index in [1.54, 1.807) is 26.2 Å². The molecular formula is C29H31ClF4N6O4.